The molecule has 3 N–H and O–H groups in total. The Hall–Kier alpha value is -2.54. The maximum absolute atomic E-state index is 13.2. The Labute approximate surface area is 105 Å². The molecule has 0 spiro atoms. The summed E-state index contributed by atoms with van der Waals surface area (Å²) in [5.74, 6) is -0.431. The molecule has 0 saturated carbocycles. The van der Waals surface area contributed by atoms with E-state index in [4.69, 9.17) is 11.0 Å². The van der Waals surface area contributed by atoms with Crippen molar-refractivity contribution >= 4 is 11.4 Å². The third kappa shape index (κ3) is 2.58. The van der Waals surface area contributed by atoms with E-state index in [2.05, 4.69) is 11.4 Å². The minimum absolute atomic E-state index is 0.117. The summed E-state index contributed by atoms with van der Waals surface area (Å²) in [5, 5.41) is 11.7. The van der Waals surface area contributed by atoms with Crippen molar-refractivity contribution in [3.63, 3.8) is 0 Å². The number of nitrogens with zero attached hydrogens (tertiary/aromatic N) is 1. The van der Waals surface area contributed by atoms with E-state index in [-0.39, 0.29) is 5.69 Å². The molecule has 0 fully saturated rings. The fraction of sp³-hybridized carbons (Fsp3) is 0.0714. The van der Waals surface area contributed by atoms with Gasteiger partial charge in [-0.25, -0.2) is 4.39 Å². The number of benzene rings is 2. The predicted molar refractivity (Wildman–Crippen MR) is 69.3 cm³/mol. The zero-order chi connectivity index (χ0) is 13.0. The number of hydrogen-bond donors (Lipinski definition) is 2. The second-order valence-corrected chi connectivity index (χ2v) is 3.86. The number of para-hydroxylation sites is 1. The maximum Gasteiger partial charge on any atom is 0.148 e. The summed E-state index contributed by atoms with van der Waals surface area (Å²) in [6.07, 6.45) is 0. The summed E-state index contributed by atoms with van der Waals surface area (Å²) in [6, 6.07) is 13.9. The number of nitrogen functional groups attached to an aromatic ring is 1. The first-order valence-corrected chi connectivity index (χ1v) is 5.47. The number of hydrogen-bond acceptors (Lipinski definition) is 3. The van der Waals surface area contributed by atoms with E-state index in [1.165, 1.54) is 6.07 Å². The fourth-order valence-corrected chi connectivity index (χ4v) is 1.59. The first-order valence-electron chi connectivity index (χ1n) is 5.47. The van der Waals surface area contributed by atoms with Gasteiger partial charge < -0.3 is 11.1 Å². The van der Waals surface area contributed by atoms with Crippen LogP contribution in [-0.2, 0) is 6.54 Å². The molecule has 4 heteroatoms. The smallest absolute Gasteiger partial charge is 0.148 e. The summed E-state index contributed by atoms with van der Waals surface area (Å²) in [4.78, 5) is 0. The van der Waals surface area contributed by atoms with Crippen molar-refractivity contribution in [2.45, 2.75) is 6.54 Å². The molecule has 2 rings (SSSR count). The number of nitrogens with two attached hydrogens (primary N) is 1. The van der Waals surface area contributed by atoms with E-state index in [1.54, 1.807) is 24.3 Å². The molecule has 18 heavy (non-hydrogen) atoms. The minimum Gasteiger partial charge on any atom is -0.395 e. The van der Waals surface area contributed by atoms with E-state index in [9.17, 15) is 4.39 Å². The van der Waals surface area contributed by atoms with Gasteiger partial charge in [0.15, 0.2) is 0 Å². The lowest BCUT2D eigenvalue weighted by Gasteiger charge is -2.09. The van der Waals surface area contributed by atoms with Crippen LogP contribution in [0.4, 0.5) is 15.8 Å². The highest BCUT2D eigenvalue weighted by Crippen LogP contribution is 2.21. The molecule has 0 aliphatic heterocycles. The van der Waals surface area contributed by atoms with E-state index < -0.39 is 5.82 Å². The second kappa shape index (κ2) is 5.19. The molecule has 0 aliphatic carbocycles. The number of nitrogens with one attached hydrogen (secondary N) is 1. The van der Waals surface area contributed by atoms with E-state index in [0.717, 1.165) is 5.56 Å². The highest BCUT2D eigenvalue weighted by atomic mass is 19.1. The van der Waals surface area contributed by atoms with Crippen molar-refractivity contribution in [1.29, 1.82) is 5.26 Å². The molecule has 0 aromatic heterocycles. The molecule has 0 amide bonds. The van der Waals surface area contributed by atoms with Crippen LogP contribution < -0.4 is 11.1 Å². The summed E-state index contributed by atoms with van der Waals surface area (Å²) in [6.45, 7) is 0.527. The molecule has 0 unspecified atom stereocenters. The van der Waals surface area contributed by atoms with Crippen LogP contribution in [0.2, 0.25) is 0 Å². The molecule has 0 heterocycles. The number of nitriles is 1. The number of halogens is 1. The van der Waals surface area contributed by atoms with Gasteiger partial charge in [0.25, 0.3) is 0 Å². The SMILES string of the molecule is N#Cc1ccc(CNc2cccc(F)c2N)cc1. The van der Waals surface area contributed by atoms with Gasteiger partial charge in [-0.05, 0) is 29.8 Å². The van der Waals surface area contributed by atoms with Crippen LogP contribution in [0.25, 0.3) is 0 Å². The van der Waals surface area contributed by atoms with Gasteiger partial charge in [0.05, 0.1) is 23.0 Å². The maximum atomic E-state index is 13.2. The molecule has 0 atom stereocenters. The van der Waals surface area contributed by atoms with Crippen LogP contribution in [-0.4, -0.2) is 0 Å². The largest absolute Gasteiger partial charge is 0.395 e. The van der Waals surface area contributed by atoms with Gasteiger partial charge in [0.1, 0.15) is 5.82 Å². The average Bonchev–Trinajstić information content (AvgIpc) is 2.41. The first kappa shape index (κ1) is 11.9. The molecule has 3 nitrogen and oxygen atoms in total. The monoisotopic (exact) mass is 241 g/mol. The van der Waals surface area contributed by atoms with Gasteiger partial charge in [-0.1, -0.05) is 18.2 Å². The predicted octanol–water partition coefficient (Wildman–Crippen LogP) is 2.89. The average molecular weight is 241 g/mol. The molecule has 2 aromatic rings. The molecule has 0 radical (unpaired) electrons. The van der Waals surface area contributed by atoms with E-state index in [0.29, 0.717) is 17.8 Å². The van der Waals surface area contributed by atoms with Gasteiger partial charge in [-0.15, -0.1) is 0 Å². The van der Waals surface area contributed by atoms with Crippen LogP contribution in [0.3, 0.4) is 0 Å². The van der Waals surface area contributed by atoms with Gasteiger partial charge >= 0.3 is 0 Å². The van der Waals surface area contributed by atoms with Crippen molar-refractivity contribution in [3.8, 4) is 6.07 Å². The van der Waals surface area contributed by atoms with E-state index >= 15 is 0 Å². The lowest BCUT2D eigenvalue weighted by molar-refractivity contribution is 0.633. The molecule has 0 aliphatic rings. The fourth-order valence-electron chi connectivity index (χ4n) is 1.59. The third-order valence-corrected chi connectivity index (χ3v) is 2.62. The molecular formula is C14H12FN3. The Morgan fingerprint density at radius 3 is 2.56 bits per heavy atom. The third-order valence-electron chi connectivity index (χ3n) is 2.62. The van der Waals surface area contributed by atoms with Gasteiger partial charge in [0.2, 0.25) is 0 Å². The van der Waals surface area contributed by atoms with Crippen LogP contribution in [0.1, 0.15) is 11.1 Å². The summed E-state index contributed by atoms with van der Waals surface area (Å²) >= 11 is 0. The Morgan fingerprint density at radius 2 is 1.89 bits per heavy atom. The van der Waals surface area contributed by atoms with Crippen molar-refractivity contribution in [3.05, 3.63) is 59.4 Å². The van der Waals surface area contributed by atoms with Crippen molar-refractivity contribution in [1.82, 2.24) is 0 Å². The molecular weight excluding hydrogens is 229 g/mol. The topological polar surface area (TPSA) is 61.8 Å². The molecule has 2 aromatic carbocycles. The normalized spacial score (nSPS) is 9.78. The molecule has 0 saturated heterocycles. The minimum atomic E-state index is -0.431. The summed E-state index contributed by atoms with van der Waals surface area (Å²) < 4.78 is 13.2. The second-order valence-electron chi connectivity index (χ2n) is 3.86. The Balaban J connectivity index is 2.07. The molecule has 0 bridgehead atoms. The highest BCUT2D eigenvalue weighted by Gasteiger charge is 2.03. The summed E-state index contributed by atoms with van der Waals surface area (Å²) in [7, 11) is 0. The number of rotatable bonds is 3. The zero-order valence-electron chi connectivity index (χ0n) is 9.65. The van der Waals surface area contributed by atoms with Crippen molar-refractivity contribution < 1.29 is 4.39 Å². The zero-order valence-corrected chi connectivity index (χ0v) is 9.65. The van der Waals surface area contributed by atoms with E-state index in [1.807, 2.05) is 12.1 Å². The highest BCUT2D eigenvalue weighted by molar-refractivity contribution is 5.66. The quantitative estimate of drug-likeness (QED) is 0.812. The van der Waals surface area contributed by atoms with Crippen molar-refractivity contribution in [2.24, 2.45) is 0 Å². The lowest BCUT2D eigenvalue weighted by atomic mass is 10.1. The van der Waals surface area contributed by atoms with Crippen LogP contribution in [0.15, 0.2) is 42.5 Å². The Bertz CT molecular complexity index is 585. The van der Waals surface area contributed by atoms with Crippen molar-refractivity contribution in [2.75, 3.05) is 11.1 Å². The lowest BCUT2D eigenvalue weighted by Crippen LogP contribution is -2.03. The Kier molecular flexibility index (Phi) is 3.44. The Morgan fingerprint density at radius 1 is 1.17 bits per heavy atom. The first-order chi connectivity index (χ1) is 8.70. The standard InChI is InChI=1S/C14H12FN3/c15-12-2-1-3-13(14(12)17)18-9-11-6-4-10(8-16)5-7-11/h1-7,18H,9,17H2. The van der Waals surface area contributed by atoms with Gasteiger partial charge in [-0.3, -0.25) is 0 Å². The van der Waals surface area contributed by atoms with Crippen LogP contribution in [0, 0.1) is 17.1 Å². The van der Waals surface area contributed by atoms with Gasteiger partial charge in [-0.2, -0.15) is 5.26 Å². The molecule has 90 valence electrons. The number of anilines is 2. The summed E-state index contributed by atoms with van der Waals surface area (Å²) in [5.41, 5.74) is 7.91. The van der Waals surface area contributed by atoms with Crippen LogP contribution in [0.5, 0.6) is 0 Å². The van der Waals surface area contributed by atoms with Crippen LogP contribution >= 0.6 is 0 Å². The van der Waals surface area contributed by atoms with Gasteiger partial charge in [0, 0.05) is 6.54 Å².